The molecular formula is C21H36O. The molecule has 1 nitrogen and oxygen atoms in total. The van der Waals surface area contributed by atoms with E-state index in [0.29, 0.717) is 12.0 Å². The Hall–Kier alpha value is -0.0400. The smallest absolute Gasteiger partial charge is 0.0431 e. The molecule has 0 spiro atoms. The largest absolute Gasteiger partial charge is 0.396 e. The minimum atomic E-state index is 0.406. The molecule has 5 rings (SSSR count). The summed E-state index contributed by atoms with van der Waals surface area (Å²) in [6.45, 7) is 5.33. The fraction of sp³-hybridized carbons (Fsp3) is 1.00. The van der Waals surface area contributed by atoms with Crippen LogP contribution >= 0.6 is 0 Å². The van der Waals surface area contributed by atoms with Crippen molar-refractivity contribution in [3.63, 3.8) is 0 Å². The molecule has 2 bridgehead atoms. The molecule has 0 aromatic heterocycles. The Morgan fingerprint density at radius 1 is 0.955 bits per heavy atom. The summed E-state index contributed by atoms with van der Waals surface area (Å²) >= 11 is 0. The number of hydrogen-bond donors (Lipinski definition) is 1. The average molecular weight is 305 g/mol. The van der Waals surface area contributed by atoms with Gasteiger partial charge in [-0.2, -0.15) is 0 Å². The van der Waals surface area contributed by atoms with Gasteiger partial charge in [0.05, 0.1) is 0 Å². The lowest BCUT2D eigenvalue weighted by molar-refractivity contribution is 0.0135. The first-order chi connectivity index (χ1) is 10.7. The van der Waals surface area contributed by atoms with Crippen molar-refractivity contribution in [2.45, 2.75) is 84.5 Å². The Labute approximate surface area is 137 Å². The van der Waals surface area contributed by atoms with Crippen LogP contribution in [-0.2, 0) is 0 Å². The molecule has 0 aromatic rings. The lowest BCUT2D eigenvalue weighted by Crippen LogP contribution is -2.40. The maximum Gasteiger partial charge on any atom is 0.0431 e. The molecule has 5 saturated carbocycles. The molecule has 1 N–H and O–H groups in total. The van der Waals surface area contributed by atoms with Crippen molar-refractivity contribution in [3.05, 3.63) is 0 Å². The molecule has 0 heterocycles. The van der Waals surface area contributed by atoms with Gasteiger partial charge in [-0.1, -0.05) is 52.4 Å². The van der Waals surface area contributed by atoms with Crippen molar-refractivity contribution in [2.24, 2.45) is 40.4 Å². The van der Waals surface area contributed by atoms with E-state index in [0.717, 1.165) is 41.4 Å². The van der Waals surface area contributed by atoms with Gasteiger partial charge in [-0.15, -0.1) is 0 Å². The van der Waals surface area contributed by atoms with Gasteiger partial charge in [-0.05, 0) is 72.5 Å². The molecule has 0 saturated heterocycles. The minimum Gasteiger partial charge on any atom is -0.396 e. The van der Waals surface area contributed by atoms with E-state index in [1.807, 2.05) is 0 Å². The molecule has 1 heteroatoms. The maximum absolute atomic E-state index is 9.41. The molecule has 5 fully saturated rings. The number of rotatable bonds is 6. The van der Waals surface area contributed by atoms with E-state index in [1.54, 1.807) is 6.42 Å². The van der Waals surface area contributed by atoms with Crippen LogP contribution in [0.1, 0.15) is 84.5 Å². The first-order valence-corrected chi connectivity index (χ1v) is 10.3. The normalized spacial score (nSPS) is 47.2. The summed E-state index contributed by atoms with van der Waals surface area (Å²) in [5.41, 5.74) is 1.45. The SMILES string of the molecule is CC(C)C1CCC2C3C1(CCCO)C23CC1CCCCCC1. The molecule has 126 valence electrons. The second kappa shape index (κ2) is 5.50. The Balaban J connectivity index is 1.51. The van der Waals surface area contributed by atoms with Crippen LogP contribution in [0.4, 0.5) is 0 Å². The molecule has 0 amide bonds. The van der Waals surface area contributed by atoms with Crippen molar-refractivity contribution in [1.82, 2.24) is 0 Å². The van der Waals surface area contributed by atoms with Crippen LogP contribution in [0.2, 0.25) is 0 Å². The highest BCUT2D eigenvalue weighted by Crippen LogP contribution is 3.00. The Bertz CT molecular complexity index is 408. The zero-order valence-electron chi connectivity index (χ0n) is 14.8. The molecule has 0 aromatic carbocycles. The summed E-state index contributed by atoms with van der Waals surface area (Å²) in [4.78, 5) is 0. The maximum atomic E-state index is 9.41. The fourth-order valence-electron chi connectivity index (χ4n) is 7.82. The zero-order chi connectivity index (χ0) is 15.4. The Morgan fingerprint density at radius 2 is 1.68 bits per heavy atom. The third kappa shape index (κ3) is 1.93. The van der Waals surface area contributed by atoms with Crippen LogP contribution in [0.5, 0.6) is 0 Å². The topological polar surface area (TPSA) is 20.2 Å². The van der Waals surface area contributed by atoms with Gasteiger partial charge in [0.1, 0.15) is 0 Å². The van der Waals surface area contributed by atoms with Gasteiger partial charge in [0.2, 0.25) is 0 Å². The molecule has 5 aliphatic rings. The summed E-state index contributed by atoms with van der Waals surface area (Å²) in [5, 5.41) is 9.41. The van der Waals surface area contributed by atoms with E-state index in [2.05, 4.69) is 13.8 Å². The van der Waals surface area contributed by atoms with Gasteiger partial charge in [0.25, 0.3) is 0 Å². The van der Waals surface area contributed by atoms with Gasteiger partial charge in [-0.3, -0.25) is 0 Å². The predicted molar refractivity (Wildman–Crippen MR) is 91.5 cm³/mol. The van der Waals surface area contributed by atoms with Crippen LogP contribution in [-0.4, -0.2) is 11.7 Å². The van der Waals surface area contributed by atoms with E-state index in [9.17, 15) is 5.11 Å². The average Bonchev–Trinajstić information content (AvgIpc) is 3.37. The van der Waals surface area contributed by atoms with Crippen molar-refractivity contribution in [1.29, 1.82) is 0 Å². The summed E-state index contributed by atoms with van der Waals surface area (Å²) < 4.78 is 0. The van der Waals surface area contributed by atoms with Gasteiger partial charge < -0.3 is 5.11 Å². The summed E-state index contributed by atoms with van der Waals surface area (Å²) in [7, 11) is 0. The number of hydrogen-bond acceptors (Lipinski definition) is 1. The third-order valence-electron chi connectivity index (χ3n) is 8.45. The Morgan fingerprint density at radius 3 is 2.32 bits per heavy atom. The van der Waals surface area contributed by atoms with E-state index in [-0.39, 0.29) is 0 Å². The quantitative estimate of drug-likeness (QED) is 0.650. The zero-order valence-corrected chi connectivity index (χ0v) is 14.8. The summed E-state index contributed by atoms with van der Waals surface area (Å²) in [5.74, 6) is 5.02. The Kier molecular flexibility index (Phi) is 3.87. The lowest BCUT2D eigenvalue weighted by atomic mass is 9.58. The van der Waals surface area contributed by atoms with E-state index >= 15 is 0 Å². The summed E-state index contributed by atoms with van der Waals surface area (Å²) in [6.07, 6.45) is 16.0. The molecule has 5 aliphatic carbocycles. The van der Waals surface area contributed by atoms with Crippen LogP contribution in [0.15, 0.2) is 0 Å². The molecule has 0 radical (unpaired) electrons. The second-order valence-corrected chi connectivity index (χ2v) is 9.48. The molecule has 5 atom stereocenters. The first-order valence-electron chi connectivity index (χ1n) is 10.3. The van der Waals surface area contributed by atoms with E-state index in [4.69, 9.17) is 0 Å². The molecule has 22 heavy (non-hydrogen) atoms. The second-order valence-electron chi connectivity index (χ2n) is 9.48. The van der Waals surface area contributed by atoms with Crippen LogP contribution in [0.3, 0.4) is 0 Å². The summed E-state index contributed by atoms with van der Waals surface area (Å²) in [6, 6.07) is 0. The van der Waals surface area contributed by atoms with E-state index < -0.39 is 0 Å². The van der Waals surface area contributed by atoms with Gasteiger partial charge in [0, 0.05) is 6.61 Å². The van der Waals surface area contributed by atoms with Gasteiger partial charge >= 0.3 is 0 Å². The number of aliphatic hydroxyl groups is 1. The molecule has 0 aliphatic heterocycles. The van der Waals surface area contributed by atoms with Gasteiger partial charge in [-0.25, -0.2) is 0 Å². The van der Waals surface area contributed by atoms with Gasteiger partial charge in [0.15, 0.2) is 0 Å². The van der Waals surface area contributed by atoms with Crippen LogP contribution in [0, 0.1) is 40.4 Å². The first kappa shape index (κ1) is 15.5. The lowest BCUT2D eigenvalue weighted by Gasteiger charge is -2.47. The number of fused-ring (bicyclic) bond motifs is 2. The standard InChI is InChI=1S/C21H36O/c1-15(2)17-10-11-18-19-20(17,12-7-13-22)21(18,19)14-16-8-5-3-4-6-9-16/h15-19,22H,3-14H2,1-2H3. The fourth-order valence-corrected chi connectivity index (χ4v) is 7.82. The molecular weight excluding hydrogens is 268 g/mol. The highest BCUT2D eigenvalue weighted by atomic mass is 16.2. The van der Waals surface area contributed by atoms with Crippen molar-refractivity contribution >= 4 is 0 Å². The third-order valence-corrected chi connectivity index (χ3v) is 8.45. The van der Waals surface area contributed by atoms with E-state index in [1.165, 1.54) is 57.8 Å². The molecule has 5 unspecified atom stereocenters. The van der Waals surface area contributed by atoms with Crippen molar-refractivity contribution in [2.75, 3.05) is 6.61 Å². The highest BCUT2D eigenvalue weighted by Gasteiger charge is 2.95. The highest BCUT2D eigenvalue weighted by molar-refractivity contribution is 5.42. The van der Waals surface area contributed by atoms with Crippen molar-refractivity contribution in [3.8, 4) is 0 Å². The minimum absolute atomic E-state index is 0.406. The monoisotopic (exact) mass is 304 g/mol. The predicted octanol–water partition coefficient (Wildman–Crippen LogP) is 5.42. The number of aliphatic hydroxyl groups excluding tert-OH is 1. The van der Waals surface area contributed by atoms with Crippen LogP contribution in [0.25, 0.3) is 0 Å². The van der Waals surface area contributed by atoms with Crippen LogP contribution < -0.4 is 0 Å². The van der Waals surface area contributed by atoms with Crippen molar-refractivity contribution < 1.29 is 5.11 Å².